The van der Waals surface area contributed by atoms with Gasteiger partial charge in [-0.15, -0.1) is 11.3 Å². The maximum Gasteiger partial charge on any atom is 0.331 e. The average molecular weight is 484 g/mol. The maximum atomic E-state index is 12.2. The molecule has 172 valence electrons. The molecule has 0 bridgehead atoms. The van der Waals surface area contributed by atoms with Gasteiger partial charge in [0.25, 0.3) is 5.91 Å². The number of fused-ring (bicyclic) bond motifs is 1. The number of esters is 1. The molecule has 1 amide bonds. The van der Waals surface area contributed by atoms with Gasteiger partial charge in [-0.05, 0) is 43.0 Å². The monoisotopic (exact) mass is 483 g/mol. The van der Waals surface area contributed by atoms with Crippen LogP contribution in [-0.4, -0.2) is 56.1 Å². The minimum absolute atomic E-state index is 0.357. The van der Waals surface area contributed by atoms with Crippen LogP contribution in [0.4, 0.5) is 11.4 Å². The molecule has 0 saturated carbocycles. The molecule has 4 rings (SSSR count). The van der Waals surface area contributed by atoms with Crippen LogP contribution in [0.5, 0.6) is 0 Å². The number of ether oxygens (including phenoxy) is 1. The van der Waals surface area contributed by atoms with Gasteiger partial charge in [-0.2, -0.15) is 0 Å². The third kappa shape index (κ3) is 5.93. The van der Waals surface area contributed by atoms with Gasteiger partial charge in [-0.25, -0.2) is 4.79 Å². The van der Waals surface area contributed by atoms with Gasteiger partial charge in [0.05, 0.1) is 5.02 Å². The van der Waals surface area contributed by atoms with Crippen molar-refractivity contribution in [2.75, 3.05) is 49.5 Å². The predicted octanol–water partition coefficient (Wildman–Crippen LogP) is 4.89. The van der Waals surface area contributed by atoms with Crippen molar-refractivity contribution in [2.45, 2.75) is 6.92 Å². The number of hydrogen-bond acceptors (Lipinski definition) is 6. The smallest absolute Gasteiger partial charge is 0.331 e. The van der Waals surface area contributed by atoms with Crippen molar-refractivity contribution in [1.29, 1.82) is 0 Å². The fourth-order valence-electron chi connectivity index (χ4n) is 3.74. The molecule has 8 heteroatoms. The Balaban J connectivity index is 1.24. The van der Waals surface area contributed by atoms with Crippen LogP contribution in [0.3, 0.4) is 0 Å². The third-order valence-corrected chi connectivity index (χ3v) is 7.27. The molecule has 2 aromatic carbocycles. The van der Waals surface area contributed by atoms with E-state index in [0.29, 0.717) is 10.7 Å². The zero-order valence-corrected chi connectivity index (χ0v) is 20.0. The Bertz CT molecular complexity index is 1150. The van der Waals surface area contributed by atoms with Crippen molar-refractivity contribution in [2.24, 2.45) is 0 Å². The number of carbonyl (C=O) groups excluding carboxylic acids is 2. The number of piperazine rings is 1. The first-order valence-electron chi connectivity index (χ1n) is 10.9. The lowest BCUT2D eigenvalue weighted by molar-refractivity contribution is -0.142. The summed E-state index contributed by atoms with van der Waals surface area (Å²) < 4.78 is 6.11. The number of benzene rings is 2. The van der Waals surface area contributed by atoms with Crippen molar-refractivity contribution in [3.63, 3.8) is 0 Å². The number of nitrogens with zero attached hydrogens (tertiary/aromatic N) is 2. The molecule has 0 radical (unpaired) electrons. The number of rotatable bonds is 7. The molecule has 1 N–H and O–H groups in total. The number of likely N-dealkylation sites (N-methyl/N-ethyl adjacent to an activating group) is 1. The highest BCUT2D eigenvalue weighted by Crippen LogP contribution is 2.35. The number of anilines is 2. The number of amides is 1. The lowest BCUT2D eigenvalue weighted by Gasteiger charge is -2.35. The van der Waals surface area contributed by atoms with E-state index in [1.54, 1.807) is 6.08 Å². The maximum absolute atomic E-state index is 12.2. The quantitative estimate of drug-likeness (QED) is 0.383. The number of nitrogens with one attached hydrogen (secondary N) is 1. The first-order chi connectivity index (χ1) is 16.0. The summed E-state index contributed by atoms with van der Waals surface area (Å²) in [6.45, 7) is 7.02. The zero-order chi connectivity index (χ0) is 23.2. The van der Waals surface area contributed by atoms with Crippen molar-refractivity contribution in [1.82, 2.24) is 4.90 Å². The second-order valence-electron chi connectivity index (χ2n) is 7.73. The highest BCUT2D eigenvalue weighted by Gasteiger charge is 2.16. The number of thiophene rings is 1. The van der Waals surface area contributed by atoms with Gasteiger partial charge in [0, 0.05) is 58.6 Å². The molecule has 1 aromatic heterocycles. The molecule has 0 atom stereocenters. The van der Waals surface area contributed by atoms with E-state index in [1.807, 2.05) is 48.5 Å². The molecular weight excluding hydrogens is 458 g/mol. The van der Waals surface area contributed by atoms with Gasteiger partial charge in [0.1, 0.15) is 0 Å². The largest absolute Gasteiger partial charge is 0.452 e. The Kier molecular flexibility index (Phi) is 7.65. The summed E-state index contributed by atoms with van der Waals surface area (Å²) in [5.41, 5.74) is 1.81. The van der Waals surface area contributed by atoms with Crippen molar-refractivity contribution < 1.29 is 14.3 Å². The summed E-state index contributed by atoms with van der Waals surface area (Å²) in [6.07, 6.45) is 2.91. The minimum atomic E-state index is -0.597. The van der Waals surface area contributed by atoms with Gasteiger partial charge in [0.2, 0.25) is 0 Å². The lowest BCUT2D eigenvalue weighted by Crippen LogP contribution is -2.46. The van der Waals surface area contributed by atoms with Gasteiger partial charge in [-0.1, -0.05) is 36.7 Å². The van der Waals surface area contributed by atoms with Gasteiger partial charge in [0.15, 0.2) is 6.61 Å². The Hall–Kier alpha value is -2.87. The molecule has 2 heterocycles. The molecule has 33 heavy (non-hydrogen) atoms. The molecule has 1 saturated heterocycles. The Morgan fingerprint density at radius 2 is 1.82 bits per heavy atom. The van der Waals surface area contributed by atoms with E-state index in [0.717, 1.165) is 53.4 Å². The molecule has 0 aliphatic carbocycles. The second-order valence-corrected chi connectivity index (χ2v) is 9.20. The van der Waals surface area contributed by atoms with Crippen LogP contribution in [0.1, 0.15) is 11.8 Å². The topological polar surface area (TPSA) is 61.9 Å². The van der Waals surface area contributed by atoms with E-state index in [-0.39, 0.29) is 12.5 Å². The van der Waals surface area contributed by atoms with Crippen LogP contribution in [-0.2, 0) is 14.3 Å². The first kappa shape index (κ1) is 23.3. The number of carbonyl (C=O) groups is 2. The van der Waals surface area contributed by atoms with Crippen LogP contribution in [0.15, 0.2) is 54.6 Å². The summed E-state index contributed by atoms with van der Waals surface area (Å²) >= 11 is 7.86. The summed E-state index contributed by atoms with van der Waals surface area (Å²) in [6, 6.07) is 15.5. The molecule has 3 aromatic rings. The number of hydrogen-bond donors (Lipinski definition) is 1. The van der Waals surface area contributed by atoms with Gasteiger partial charge in [-0.3, -0.25) is 4.79 Å². The van der Waals surface area contributed by atoms with E-state index in [9.17, 15) is 9.59 Å². The summed E-state index contributed by atoms with van der Waals surface area (Å²) in [5, 5.41) is 4.31. The van der Waals surface area contributed by atoms with E-state index in [1.165, 1.54) is 17.4 Å². The normalized spacial score (nSPS) is 14.7. The van der Waals surface area contributed by atoms with E-state index in [2.05, 4.69) is 22.0 Å². The molecule has 6 nitrogen and oxygen atoms in total. The highest BCUT2D eigenvalue weighted by atomic mass is 35.5. The summed E-state index contributed by atoms with van der Waals surface area (Å²) in [7, 11) is 0. The summed E-state index contributed by atoms with van der Waals surface area (Å²) in [4.78, 5) is 29.7. The molecule has 1 fully saturated rings. The van der Waals surface area contributed by atoms with Crippen LogP contribution in [0.2, 0.25) is 5.02 Å². The second kappa shape index (κ2) is 10.8. The fourth-order valence-corrected chi connectivity index (χ4v) is 5.14. The SMILES string of the molecule is CCN1CCN(c2ccc(NC(=O)COC(=O)/C=C/c3sc4ccccc4c3Cl)cc2)CC1. The lowest BCUT2D eigenvalue weighted by atomic mass is 10.2. The Labute approximate surface area is 202 Å². The highest BCUT2D eigenvalue weighted by molar-refractivity contribution is 7.20. The third-order valence-electron chi connectivity index (χ3n) is 5.61. The Morgan fingerprint density at radius 3 is 2.52 bits per heavy atom. The van der Waals surface area contributed by atoms with E-state index in [4.69, 9.17) is 16.3 Å². The minimum Gasteiger partial charge on any atom is -0.452 e. The molecule has 0 spiro atoms. The van der Waals surface area contributed by atoms with E-state index < -0.39 is 5.97 Å². The van der Waals surface area contributed by atoms with Crippen molar-refractivity contribution in [3.05, 3.63) is 64.5 Å². The number of halogens is 1. The van der Waals surface area contributed by atoms with Gasteiger partial charge >= 0.3 is 5.97 Å². The first-order valence-corrected chi connectivity index (χ1v) is 12.1. The zero-order valence-electron chi connectivity index (χ0n) is 18.4. The Morgan fingerprint density at radius 1 is 1.09 bits per heavy atom. The summed E-state index contributed by atoms with van der Waals surface area (Å²) in [5.74, 6) is -0.985. The van der Waals surface area contributed by atoms with Crippen molar-refractivity contribution in [3.8, 4) is 0 Å². The fraction of sp³-hybridized carbons (Fsp3) is 0.280. The molecular formula is C25H26ClN3O3S. The van der Waals surface area contributed by atoms with Gasteiger partial charge < -0.3 is 19.9 Å². The van der Waals surface area contributed by atoms with Crippen LogP contribution in [0, 0.1) is 0 Å². The van der Waals surface area contributed by atoms with E-state index >= 15 is 0 Å². The van der Waals surface area contributed by atoms with Crippen molar-refractivity contribution >= 4 is 62.4 Å². The van der Waals surface area contributed by atoms with Crippen LogP contribution < -0.4 is 10.2 Å². The molecule has 0 unspecified atom stereocenters. The molecule has 1 aliphatic rings. The standard InChI is InChI=1S/C25H26ClN3O3S/c1-2-28-13-15-29(16-14-28)19-9-7-18(8-10-19)27-23(30)17-32-24(31)12-11-22-25(26)20-5-3-4-6-21(20)33-22/h3-12H,2,13-17H2,1H3,(H,27,30)/b12-11+. The average Bonchev–Trinajstić information content (AvgIpc) is 3.17. The van der Waals surface area contributed by atoms with Crippen LogP contribution >= 0.6 is 22.9 Å². The predicted molar refractivity (Wildman–Crippen MR) is 136 cm³/mol. The molecule has 1 aliphatic heterocycles. The van der Waals surface area contributed by atoms with Crippen LogP contribution in [0.25, 0.3) is 16.2 Å².